The Balaban J connectivity index is 1.66. The molecule has 38 heavy (non-hydrogen) atoms. The molecule has 7 heteroatoms. The van der Waals surface area contributed by atoms with Crippen LogP contribution in [0.5, 0.6) is 0 Å². The van der Waals surface area contributed by atoms with E-state index in [0.717, 1.165) is 51.6 Å². The van der Waals surface area contributed by atoms with Gasteiger partial charge in [-0.05, 0) is 112 Å². The fraction of sp³-hybridized carbons (Fsp3) is 1.00. The summed E-state index contributed by atoms with van der Waals surface area (Å²) in [7, 11) is 0. The predicted octanol–water partition coefficient (Wildman–Crippen LogP) is 3.70. The molecule has 0 radical (unpaired) electrons. The number of fused-ring (bicyclic) bond motifs is 5. The first-order valence-electron chi connectivity index (χ1n) is 15.9. The number of nitrogens with two attached hydrogens (primary N) is 3. The fourth-order valence-electron chi connectivity index (χ4n) is 10.0. The van der Waals surface area contributed by atoms with E-state index in [0.29, 0.717) is 74.5 Å². The quantitative estimate of drug-likeness (QED) is 0.249. The van der Waals surface area contributed by atoms with Gasteiger partial charge >= 0.3 is 0 Å². The molecule has 0 aromatic rings. The maximum Gasteiger partial charge on any atom is 0.0637 e. The molecule has 0 amide bonds. The van der Waals surface area contributed by atoms with Crippen LogP contribution in [0.1, 0.15) is 85.0 Å². The standard InChI is InChI=1S/C31H59N3O4/c1-21(6-4-14-35)24-7-8-25-29-26(20-28(31(24,25)3)38-17-13-34)30(2)10-9-23(36-16-12-33)18-22(30)19-27(29)37-15-5-11-32/h21-29,35H,4-20,32-34H2,1-3H3/t21?,22?,23-,24?,25+,26+,27-,28+,29?,30?,31?/m1/s1. The lowest BCUT2D eigenvalue weighted by molar-refractivity contribution is -0.227. The first-order valence-corrected chi connectivity index (χ1v) is 15.9. The van der Waals surface area contributed by atoms with Gasteiger partial charge in [0.25, 0.3) is 0 Å². The Kier molecular flexibility index (Phi) is 11.0. The molecule has 222 valence electrons. The maximum atomic E-state index is 9.54. The number of aliphatic hydroxyl groups is 1. The monoisotopic (exact) mass is 537 g/mol. The third kappa shape index (κ3) is 5.86. The van der Waals surface area contributed by atoms with Gasteiger partial charge in [-0.25, -0.2) is 0 Å². The van der Waals surface area contributed by atoms with Crippen LogP contribution in [0.25, 0.3) is 0 Å². The molecule has 4 aliphatic rings. The van der Waals surface area contributed by atoms with Crippen molar-refractivity contribution in [2.45, 2.75) is 103 Å². The summed E-state index contributed by atoms with van der Waals surface area (Å²) in [6.45, 7) is 11.7. The molecule has 0 spiro atoms. The van der Waals surface area contributed by atoms with Crippen LogP contribution in [0, 0.1) is 46.3 Å². The highest BCUT2D eigenvalue weighted by molar-refractivity contribution is 5.15. The van der Waals surface area contributed by atoms with E-state index in [2.05, 4.69) is 20.8 Å². The summed E-state index contributed by atoms with van der Waals surface area (Å²) in [6, 6.07) is 0. The lowest BCUT2D eigenvalue weighted by atomic mass is 9.43. The van der Waals surface area contributed by atoms with Crippen LogP contribution < -0.4 is 17.2 Å². The van der Waals surface area contributed by atoms with E-state index in [1.165, 1.54) is 19.3 Å². The molecule has 7 N–H and O–H groups in total. The Bertz CT molecular complexity index is 727. The fourth-order valence-corrected chi connectivity index (χ4v) is 10.0. The molecule has 0 heterocycles. The highest BCUT2D eigenvalue weighted by atomic mass is 16.5. The zero-order valence-corrected chi connectivity index (χ0v) is 24.6. The number of aliphatic hydroxyl groups excluding tert-OH is 1. The van der Waals surface area contributed by atoms with Crippen molar-refractivity contribution in [1.29, 1.82) is 0 Å². The number of hydrogen-bond acceptors (Lipinski definition) is 7. The van der Waals surface area contributed by atoms with Gasteiger partial charge in [0.2, 0.25) is 0 Å². The van der Waals surface area contributed by atoms with Gasteiger partial charge in [-0.1, -0.05) is 20.8 Å². The predicted molar refractivity (Wildman–Crippen MR) is 152 cm³/mol. The number of hydrogen-bond donors (Lipinski definition) is 4. The second-order valence-electron chi connectivity index (χ2n) is 13.6. The first kappa shape index (κ1) is 30.7. The third-order valence-electron chi connectivity index (χ3n) is 11.8. The van der Waals surface area contributed by atoms with E-state index in [1.54, 1.807) is 0 Å². The summed E-state index contributed by atoms with van der Waals surface area (Å²) >= 11 is 0. The highest BCUT2D eigenvalue weighted by Crippen LogP contribution is 2.69. The van der Waals surface area contributed by atoms with E-state index in [1.807, 2.05) is 0 Å². The zero-order valence-electron chi connectivity index (χ0n) is 24.6. The van der Waals surface area contributed by atoms with Crippen molar-refractivity contribution in [1.82, 2.24) is 0 Å². The molecule has 7 nitrogen and oxygen atoms in total. The van der Waals surface area contributed by atoms with Crippen LogP contribution in [-0.4, -0.2) is 69.5 Å². The van der Waals surface area contributed by atoms with Gasteiger partial charge in [-0.15, -0.1) is 0 Å². The first-order chi connectivity index (χ1) is 18.3. The normalized spacial score (nSPS) is 43.3. The van der Waals surface area contributed by atoms with Gasteiger partial charge in [0.1, 0.15) is 0 Å². The van der Waals surface area contributed by atoms with E-state index in [-0.39, 0.29) is 29.6 Å². The van der Waals surface area contributed by atoms with Crippen molar-refractivity contribution < 1.29 is 19.3 Å². The van der Waals surface area contributed by atoms with Crippen molar-refractivity contribution in [3.05, 3.63) is 0 Å². The van der Waals surface area contributed by atoms with Crippen LogP contribution in [0.15, 0.2) is 0 Å². The molecular weight excluding hydrogens is 478 g/mol. The number of ether oxygens (including phenoxy) is 3. The van der Waals surface area contributed by atoms with Gasteiger partial charge in [0.05, 0.1) is 31.5 Å². The number of rotatable bonds is 14. The molecule has 4 fully saturated rings. The van der Waals surface area contributed by atoms with Crippen LogP contribution in [0.2, 0.25) is 0 Å². The molecule has 0 saturated heterocycles. The average molecular weight is 538 g/mol. The lowest BCUT2D eigenvalue weighted by Crippen LogP contribution is -2.63. The van der Waals surface area contributed by atoms with Crippen molar-refractivity contribution in [2.75, 3.05) is 46.1 Å². The van der Waals surface area contributed by atoms with Crippen molar-refractivity contribution >= 4 is 0 Å². The summed E-state index contributed by atoms with van der Waals surface area (Å²) in [5.74, 6) is 3.54. The van der Waals surface area contributed by atoms with E-state index < -0.39 is 0 Å². The van der Waals surface area contributed by atoms with Gasteiger partial charge < -0.3 is 36.5 Å². The lowest BCUT2D eigenvalue weighted by Gasteiger charge is -2.65. The highest BCUT2D eigenvalue weighted by Gasteiger charge is 2.66. The topological polar surface area (TPSA) is 126 Å². The molecule has 0 aliphatic heterocycles. The van der Waals surface area contributed by atoms with Crippen LogP contribution >= 0.6 is 0 Å². The minimum atomic E-state index is 0.116. The van der Waals surface area contributed by atoms with E-state index >= 15 is 0 Å². The summed E-state index contributed by atoms with van der Waals surface area (Å²) in [5.41, 5.74) is 18.0. The van der Waals surface area contributed by atoms with E-state index in [9.17, 15) is 5.11 Å². The molecule has 0 aromatic carbocycles. The summed E-state index contributed by atoms with van der Waals surface area (Å²) in [4.78, 5) is 0. The summed E-state index contributed by atoms with van der Waals surface area (Å²) in [5, 5.41) is 9.54. The van der Waals surface area contributed by atoms with Gasteiger partial charge in [-0.3, -0.25) is 0 Å². The van der Waals surface area contributed by atoms with Gasteiger partial charge in [0.15, 0.2) is 0 Å². The zero-order chi connectivity index (χ0) is 27.3. The largest absolute Gasteiger partial charge is 0.396 e. The summed E-state index contributed by atoms with van der Waals surface area (Å²) < 4.78 is 19.7. The maximum absolute atomic E-state index is 9.54. The molecule has 0 bridgehead atoms. The molecule has 11 atom stereocenters. The van der Waals surface area contributed by atoms with Crippen molar-refractivity contribution in [3.8, 4) is 0 Å². The Morgan fingerprint density at radius 2 is 1.61 bits per heavy atom. The van der Waals surface area contributed by atoms with Crippen molar-refractivity contribution in [3.63, 3.8) is 0 Å². The Morgan fingerprint density at radius 1 is 0.842 bits per heavy atom. The summed E-state index contributed by atoms with van der Waals surface area (Å²) in [6.07, 6.45) is 11.9. The molecule has 4 aliphatic carbocycles. The second-order valence-corrected chi connectivity index (χ2v) is 13.6. The molecular formula is C31H59N3O4. The Hall–Kier alpha value is -0.280. The van der Waals surface area contributed by atoms with E-state index in [4.69, 9.17) is 31.4 Å². The minimum Gasteiger partial charge on any atom is -0.396 e. The smallest absolute Gasteiger partial charge is 0.0637 e. The average Bonchev–Trinajstić information content (AvgIpc) is 3.27. The molecule has 4 saturated carbocycles. The molecule has 4 rings (SSSR count). The van der Waals surface area contributed by atoms with Gasteiger partial charge in [-0.2, -0.15) is 0 Å². The SMILES string of the molecule is CC(CCCO)C1CC[C@H]2C3[C@H](OCCCN)CC4C[C@H](OCCN)CCC4(C)[C@H]3C[C@H](OCCN)C12C. The minimum absolute atomic E-state index is 0.116. The van der Waals surface area contributed by atoms with Crippen LogP contribution in [-0.2, 0) is 14.2 Å². The second kappa shape index (κ2) is 13.6. The molecule has 0 aromatic heterocycles. The third-order valence-corrected chi connectivity index (χ3v) is 11.8. The van der Waals surface area contributed by atoms with Crippen molar-refractivity contribution in [2.24, 2.45) is 63.5 Å². The Labute approximate surface area is 232 Å². The van der Waals surface area contributed by atoms with Crippen LogP contribution in [0.4, 0.5) is 0 Å². The Morgan fingerprint density at radius 3 is 2.32 bits per heavy atom. The van der Waals surface area contributed by atoms with Gasteiger partial charge in [0, 0.05) is 31.7 Å². The van der Waals surface area contributed by atoms with Crippen LogP contribution in [0.3, 0.4) is 0 Å². The molecule has 6 unspecified atom stereocenters.